The number of hydrogen-bond acceptors (Lipinski definition) is 4. The van der Waals surface area contributed by atoms with Crippen molar-refractivity contribution >= 4 is 29.0 Å². The van der Waals surface area contributed by atoms with Crippen LogP contribution in [-0.4, -0.2) is 26.4 Å². The fourth-order valence-electron chi connectivity index (χ4n) is 5.13. The largest absolute Gasteiger partial charge is 0.390 e. The Kier molecular flexibility index (Phi) is 5.07. The van der Waals surface area contributed by atoms with Gasteiger partial charge in [0, 0.05) is 18.7 Å². The van der Waals surface area contributed by atoms with Crippen LogP contribution in [0.2, 0.25) is 5.02 Å². The van der Waals surface area contributed by atoms with Gasteiger partial charge in [-0.2, -0.15) is 5.10 Å². The summed E-state index contributed by atoms with van der Waals surface area (Å²) in [6, 6.07) is 4.03. The number of rotatable bonds is 4. The molecule has 6 nitrogen and oxygen atoms in total. The standard InChI is InChI=1S/C21H26ClFN4O2/c1-3-21(29)9-12-6-11(7-13(12)10-21)18-17(19(24)27(2)26-18)20(28)25-14-4-5-16(23)15(22)8-14/h4-5,8,11-13,29H,3,6-7,9-10,24H2,1-2H3,(H,25,28). The van der Waals surface area contributed by atoms with E-state index < -0.39 is 11.4 Å². The molecule has 1 aromatic heterocycles. The molecule has 4 rings (SSSR count). The number of amides is 1. The van der Waals surface area contributed by atoms with Gasteiger partial charge >= 0.3 is 0 Å². The third kappa shape index (κ3) is 3.62. The Morgan fingerprint density at radius 1 is 1.41 bits per heavy atom. The third-order valence-corrected chi connectivity index (χ3v) is 6.98. The predicted octanol–water partition coefficient (Wildman–Crippen LogP) is 4.09. The molecule has 2 unspecified atom stereocenters. The number of aryl methyl sites for hydroxylation is 1. The van der Waals surface area contributed by atoms with Gasteiger partial charge in [0.15, 0.2) is 0 Å². The smallest absolute Gasteiger partial charge is 0.261 e. The van der Waals surface area contributed by atoms with Crippen LogP contribution in [0.3, 0.4) is 0 Å². The predicted molar refractivity (Wildman–Crippen MR) is 110 cm³/mol. The number of nitrogen functional groups attached to an aromatic ring is 1. The quantitative estimate of drug-likeness (QED) is 0.694. The normalized spacial score (nSPS) is 28.5. The van der Waals surface area contributed by atoms with Gasteiger partial charge in [-0.3, -0.25) is 9.48 Å². The molecule has 2 aromatic rings. The number of nitrogens with two attached hydrogens (primary N) is 1. The summed E-state index contributed by atoms with van der Waals surface area (Å²) in [6.45, 7) is 2.03. The molecule has 2 aliphatic rings. The number of fused-ring (bicyclic) bond motifs is 1. The summed E-state index contributed by atoms with van der Waals surface area (Å²) in [5, 5.41) is 17.9. The summed E-state index contributed by atoms with van der Waals surface area (Å²) in [7, 11) is 1.72. The highest BCUT2D eigenvalue weighted by Gasteiger charge is 2.49. The zero-order chi connectivity index (χ0) is 20.9. The van der Waals surface area contributed by atoms with Crippen LogP contribution < -0.4 is 11.1 Å². The number of halogens is 2. The Labute approximate surface area is 174 Å². The van der Waals surface area contributed by atoms with E-state index in [2.05, 4.69) is 10.4 Å². The SMILES string of the molecule is CCC1(O)CC2CC(c3nn(C)c(N)c3C(=O)Nc3ccc(F)c(Cl)c3)CC2C1. The van der Waals surface area contributed by atoms with Crippen molar-refractivity contribution in [2.24, 2.45) is 18.9 Å². The monoisotopic (exact) mass is 420 g/mol. The number of anilines is 2. The van der Waals surface area contributed by atoms with Gasteiger partial charge in [-0.25, -0.2) is 4.39 Å². The maximum Gasteiger partial charge on any atom is 0.261 e. The van der Waals surface area contributed by atoms with Crippen LogP contribution in [0, 0.1) is 17.7 Å². The minimum Gasteiger partial charge on any atom is -0.390 e. The molecular weight excluding hydrogens is 395 g/mol. The molecule has 2 saturated carbocycles. The van der Waals surface area contributed by atoms with Crippen LogP contribution >= 0.6 is 11.6 Å². The molecule has 8 heteroatoms. The zero-order valence-corrected chi connectivity index (χ0v) is 17.3. The molecule has 4 N–H and O–H groups in total. The van der Waals surface area contributed by atoms with Crippen molar-refractivity contribution in [3.63, 3.8) is 0 Å². The lowest BCUT2D eigenvalue weighted by atomic mass is 9.90. The minimum absolute atomic E-state index is 0.0609. The maximum absolute atomic E-state index is 13.4. The van der Waals surface area contributed by atoms with E-state index in [0.717, 1.165) is 32.1 Å². The van der Waals surface area contributed by atoms with Gasteiger partial charge in [0.05, 0.1) is 16.3 Å². The van der Waals surface area contributed by atoms with Crippen LogP contribution in [0.1, 0.15) is 61.0 Å². The maximum atomic E-state index is 13.4. The van der Waals surface area contributed by atoms with Gasteiger partial charge in [0.2, 0.25) is 0 Å². The van der Waals surface area contributed by atoms with Gasteiger partial charge in [0.1, 0.15) is 17.2 Å². The Morgan fingerprint density at radius 3 is 2.66 bits per heavy atom. The molecule has 2 aliphatic carbocycles. The molecule has 29 heavy (non-hydrogen) atoms. The van der Waals surface area contributed by atoms with Crippen molar-refractivity contribution in [3.05, 3.63) is 40.3 Å². The van der Waals surface area contributed by atoms with E-state index >= 15 is 0 Å². The molecule has 0 saturated heterocycles. The summed E-state index contributed by atoms with van der Waals surface area (Å²) < 4.78 is 14.9. The summed E-state index contributed by atoms with van der Waals surface area (Å²) in [4.78, 5) is 13.0. The molecule has 0 spiro atoms. The number of benzene rings is 1. The second kappa shape index (κ2) is 7.29. The number of aliphatic hydroxyl groups is 1. The summed E-state index contributed by atoms with van der Waals surface area (Å²) in [5.41, 5.74) is 7.08. The lowest BCUT2D eigenvalue weighted by Crippen LogP contribution is -2.24. The van der Waals surface area contributed by atoms with Gasteiger partial charge in [-0.05, 0) is 62.1 Å². The molecule has 2 fully saturated rings. The molecule has 1 amide bonds. The van der Waals surface area contributed by atoms with E-state index in [0.29, 0.717) is 34.6 Å². The topological polar surface area (TPSA) is 93.2 Å². The first-order valence-corrected chi connectivity index (χ1v) is 10.4. The van der Waals surface area contributed by atoms with E-state index in [1.165, 1.54) is 22.9 Å². The first-order chi connectivity index (χ1) is 13.7. The van der Waals surface area contributed by atoms with Crippen molar-refractivity contribution < 1.29 is 14.3 Å². The van der Waals surface area contributed by atoms with Crippen molar-refractivity contribution in [2.75, 3.05) is 11.1 Å². The van der Waals surface area contributed by atoms with Crippen molar-refractivity contribution in [3.8, 4) is 0 Å². The highest BCUT2D eigenvalue weighted by molar-refractivity contribution is 6.31. The number of hydrogen-bond donors (Lipinski definition) is 3. The van der Waals surface area contributed by atoms with Crippen LogP contribution in [-0.2, 0) is 7.05 Å². The molecule has 1 heterocycles. The van der Waals surface area contributed by atoms with Crippen LogP contribution in [0.5, 0.6) is 0 Å². The number of carbonyl (C=O) groups is 1. The van der Waals surface area contributed by atoms with E-state index in [9.17, 15) is 14.3 Å². The second-order valence-corrected chi connectivity index (χ2v) is 8.93. The Balaban J connectivity index is 1.57. The fourth-order valence-corrected chi connectivity index (χ4v) is 5.31. The fraction of sp³-hybridized carbons (Fsp3) is 0.524. The summed E-state index contributed by atoms with van der Waals surface area (Å²) in [6.07, 6.45) is 4.18. The lowest BCUT2D eigenvalue weighted by molar-refractivity contribution is 0.0343. The highest BCUT2D eigenvalue weighted by Crippen LogP contribution is 2.54. The average Bonchev–Trinajstić information content (AvgIpc) is 3.28. The van der Waals surface area contributed by atoms with E-state index in [-0.39, 0.29) is 16.8 Å². The highest BCUT2D eigenvalue weighted by atomic mass is 35.5. The number of nitrogens with one attached hydrogen (secondary N) is 1. The molecule has 0 aliphatic heterocycles. The molecule has 0 bridgehead atoms. The third-order valence-electron chi connectivity index (χ3n) is 6.69. The second-order valence-electron chi connectivity index (χ2n) is 8.53. The molecule has 1 aromatic carbocycles. The molecule has 2 atom stereocenters. The van der Waals surface area contributed by atoms with Gasteiger partial charge in [-0.1, -0.05) is 18.5 Å². The Hall–Kier alpha value is -2.12. The Bertz CT molecular complexity index is 946. The number of carbonyl (C=O) groups excluding carboxylic acids is 1. The van der Waals surface area contributed by atoms with Crippen LogP contribution in [0.4, 0.5) is 15.9 Å². The van der Waals surface area contributed by atoms with Gasteiger partial charge in [0.25, 0.3) is 5.91 Å². The van der Waals surface area contributed by atoms with Gasteiger partial charge in [-0.15, -0.1) is 0 Å². The van der Waals surface area contributed by atoms with E-state index in [1.807, 2.05) is 6.92 Å². The average molecular weight is 421 g/mol. The summed E-state index contributed by atoms with van der Waals surface area (Å²) in [5.74, 6) is 0.395. The Morgan fingerprint density at radius 2 is 2.07 bits per heavy atom. The van der Waals surface area contributed by atoms with Gasteiger partial charge < -0.3 is 16.2 Å². The zero-order valence-electron chi connectivity index (χ0n) is 16.6. The molecular formula is C21H26ClFN4O2. The van der Waals surface area contributed by atoms with Crippen molar-refractivity contribution in [1.82, 2.24) is 9.78 Å². The van der Waals surface area contributed by atoms with E-state index in [1.54, 1.807) is 7.05 Å². The van der Waals surface area contributed by atoms with Crippen molar-refractivity contribution in [2.45, 2.75) is 50.5 Å². The first-order valence-electron chi connectivity index (χ1n) is 10.0. The minimum atomic E-state index is -0.550. The lowest BCUT2D eigenvalue weighted by Gasteiger charge is -2.22. The number of aromatic nitrogens is 2. The van der Waals surface area contributed by atoms with E-state index in [4.69, 9.17) is 17.3 Å². The molecule has 156 valence electrons. The number of nitrogens with zero attached hydrogens (tertiary/aromatic N) is 2. The first kappa shape index (κ1) is 20.2. The summed E-state index contributed by atoms with van der Waals surface area (Å²) >= 11 is 5.82. The van der Waals surface area contributed by atoms with Crippen molar-refractivity contribution in [1.29, 1.82) is 0 Å². The van der Waals surface area contributed by atoms with Crippen LogP contribution in [0.15, 0.2) is 18.2 Å². The molecule has 0 radical (unpaired) electrons. The van der Waals surface area contributed by atoms with Crippen LogP contribution in [0.25, 0.3) is 0 Å².